The van der Waals surface area contributed by atoms with Crippen molar-refractivity contribution in [1.29, 1.82) is 0 Å². The highest BCUT2D eigenvalue weighted by atomic mass is 79.9. The van der Waals surface area contributed by atoms with Crippen LogP contribution < -0.4 is 0 Å². The first-order valence-electron chi connectivity index (χ1n) is 6.57. The predicted octanol–water partition coefficient (Wildman–Crippen LogP) is 1.18. The largest absolute Gasteiger partial charge is 0.465 e. The summed E-state index contributed by atoms with van der Waals surface area (Å²) in [5.41, 5.74) is -0.847. The molecule has 20 heavy (non-hydrogen) atoms. The van der Waals surface area contributed by atoms with Crippen molar-refractivity contribution in [3.05, 3.63) is 0 Å². The van der Waals surface area contributed by atoms with E-state index >= 15 is 0 Å². The highest BCUT2D eigenvalue weighted by molar-refractivity contribution is 9.09. The number of likely N-dealkylation sites (N-methyl/N-ethyl adjacent to an activating group) is 1. The number of halogens is 1. The van der Waals surface area contributed by atoms with Crippen LogP contribution in [0.1, 0.15) is 19.3 Å². The number of nitrogens with zero attached hydrogens (tertiary/aromatic N) is 3. The molecule has 0 aromatic heterocycles. The van der Waals surface area contributed by atoms with Crippen molar-refractivity contribution in [2.75, 3.05) is 32.0 Å². The summed E-state index contributed by atoms with van der Waals surface area (Å²) in [5, 5.41) is 9.75. The van der Waals surface area contributed by atoms with Gasteiger partial charge in [-0.1, -0.05) is 15.9 Å². The fourth-order valence-corrected chi connectivity index (χ4v) is 3.21. The molecule has 0 aliphatic carbocycles. The number of alkyl halides is 1. The van der Waals surface area contributed by atoms with E-state index in [1.165, 1.54) is 11.9 Å². The minimum absolute atomic E-state index is 0.206. The third-order valence-electron chi connectivity index (χ3n) is 4.11. The number of carbonyl (C=O) groups is 3. The van der Waals surface area contributed by atoms with Gasteiger partial charge in [0.1, 0.15) is 5.54 Å². The molecule has 2 fully saturated rings. The second-order valence-corrected chi connectivity index (χ2v) is 5.94. The fraction of sp³-hybridized carbons (Fsp3) is 0.750. The first-order chi connectivity index (χ1) is 9.44. The molecule has 0 radical (unpaired) electrons. The molecule has 2 rings (SSSR count). The lowest BCUT2D eigenvalue weighted by Gasteiger charge is -2.41. The number of piperidine rings is 1. The Hall–Kier alpha value is -1.31. The van der Waals surface area contributed by atoms with E-state index in [1.54, 1.807) is 4.90 Å². The number of hydrogen-bond donors (Lipinski definition) is 1. The molecule has 2 aliphatic heterocycles. The lowest BCUT2D eigenvalue weighted by atomic mass is 9.86. The second kappa shape index (κ2) is 5.59. The SMILES string of the molecule is CN1C(=O)N(CCCBr)C2(CCN(C(=O)O)CC2)C1=O. The molecular formula is C12H18BrN3O4. The molecule has 0 aromatic carbocycles. The van der Waals surface area contributed by atoms with Gasteiger partial charge >= 0.3 is 12.1 Å². The van der Waals surface area contributed by atoms with Gasteiger partial charge in [-0.3, -0.25) is 9.69 Å². The van der Waals surface area contributed by atoms with Crippen molar-refractivity contribution in [3.63, 3.8) is 0 Å². The summed E-state index contributed by atoms with van der Waals surface area (Å²) < 4.78 is 0. The molecule has 2 aliphatic rings. The molecular weight excluding hydrogens is 330 g/mol. The van der Waals surface area contributed by atoms with Crippen LogP contribution >= 0.6 is 15.9 Å². The Morgan fingerprint density at radius 1 is 1.35 bits per heavy atom. The van der Waals surface area contributed by atoms with Gasteiger partial charge in [0.25, 0.3) is 5.91 Å². The summed E-state index contributed by atoms with van der Waals surface area (Å²) in [4.78, 5) is 39.7. The molecule has 0 aromatic rings. The molecule has 8 heteroatoms. The lowest BCUT2D eigenvalue weighted by molar-refractivity contribution is -0.134. The summed E-state index contributed by atoms with van der Waals surface area (Å²) in [6.07, 6.45) is 0.529. The van der Waals surface area contributed by atoms with Gasteiger partial charge in [-0.05, 0) is 19.3 Å². The first kappa shape index (κ1) is 15.1. The lowest BCUT2D eigenvalue weighted by Crippen LogP contribution is -2.57. The van der Waals surface area contributed by atoms with Crippen LogP contribution in [0.4, 0.5) is 9.59 Å². The van der Waals surface area contributed by atoms with Crippen LogP contribution in [0.15, 0.2) is 0 Å². The average Bonchev–Trinajstić information content (AvgIpc) is 2.60. The third kappa shape index (κ3) is 2.25. The Morgan fingerprint density at radius 3 is 2.45 bits per heavy atom. The second-order valence-electron chi connectivity index (χ2n) is 5.14. The van der Waals surface area contributed by atoms with Gasteiger partial charge in [-0.25, -0.2) is 9.59 Å². The Bertz CT molecular complexity index is 434. The van der Waals surface area contributed by atoms with Gasteiger partial charge in [0, 0.05) is 32.0 Å². The quantitative estimate of drug-likeness (QED) is 0.613. The third-order valence-corrected chi connectivity index (χ3v) is 4.67. The van der Waals surface area contributed by atoms with Crippen molar-refractivity contribution in [2.24, 2.45) is 0 Å². The van der Waals surface area contributed by atoms with E-state index in [4.69, 9.17) is 5.11 Å². The van der Waals surface area contributed by atoms with Gasteiger partial charge < -0.3 is 14.9 Å². The minimum Gasteiger partial charge on any atom is -0.465 e. The van der Waals surface area contributed by atoms with E-state index in [-0.39, 0.29) is 25.0 Å². The maximum absolute atomic E-state index is 12.4. The molecule has 0 bridgehead atoms. The van der Waals surface area contributed by atoms with Crippen molar-refractivity contribution in [3.8, 4) is 0 Å². The monoisotopic (exact) mass is 347 g/mol. The molecule has 2 heterocycles. The molecule has 112 valence electrons. The van der Waals surface area contributed by atoms with Crippen LogP contribution in [0.2, 0.25) is 0 Å². The van der Waals surface area contributed by atoms with Crippen LogP contribution in [0.25, 0.3) is 0 Å². The van der Waals surface area contributed by atoms with E-state index in [0.29, 0.717) is 19.4 Å². The highest BCUT2D eigenvalue weighted by Gasteiger charge is 2.56. The summed E-state index contributed by atoms with van der Waals surface area (Å²) in [5.74, 6) is -0.206. The molecule has 2 saturated heterocycles. The van der Waals surface area contributed by atoms with E-state index in [9.17, 15) is 14.4 Å². The van der Waals surface area contributed by atoms with Crippen molar-refractivity contribution < 1.29 is 19.5 Å². The van der Waals surface area contributed by atoms with Crippen LogP contribution in [0.3, 0.4) is 0 Å². The van der Waals surface area contributed by atoms with Gasteiger partial charge in [0.2, 0.25) is 0 Å². The molecule has 1 spiro atoms. The van der Waals surface area contributed by atoms with Crippen molar-refractivity contribution in [1.82, 2.24) is 14.7 Å². The predicted molar refractivity (Wildman–Crippen MR) is 74.8 cm³/mol. The number of urea groups is 1. The zero-order chi connectivity index (χ0) is 14.9. The number of carboxylic acid groups (broad SMARTS) is 1. The Labute approximate surface area is 125 Å². The molecule has 1 N–H and O–H groups in total. The highest BCUT2D eigenvalue weighted by Crippen LogP contribution is 2.36. The maximum atomic E-state index is 12.4. The van der Waals surface area contributed by atoms with E-state index < -0.39 is 11.6 Å². The minimum atomic E-state index is -0.975. The first-order valence-corrected chi connectivity index (χ1v) is 7.70. The standard InChI is InChI=1S/C12H18BrN3O4/c1-14-9(17)12(16(10(14)18)6-2-5-13)3-7-15(8-4-12)11(19)20/h2-8H2,1H3,(H,19,20). The smallest absolute Gasteiger partial charge is 0.407 e. The van der Waals surface area contributed by atoms with E-state index in [1.807, 2.05) is 0 Å². The summed E-state index contributed by atoms with van der Waals surface area (Å²) in [6.45, 7) is 1.08. The number of imide groups is 1. The number of carbonyl (C=O) groups excluding carboxylic acids is 2. The molecule has 0 saturated carbocycles. The average molecular weight is 348 g/mol. The van der Waals surface area contributed by atoms with Crippen LogP contribution in [-0.2, 0) is 4.79 Å². The number of rotatable bonds is 3. The van der Waals surface area contributed by atoms with Gasteiger partial charge in [0.15, 0.2) is 0 Å². The molecule has 4 amide bonds. The summed E-state index contributed by atoms with van der Waals surface area (Å²) in [6, 6.07) is -0.278. The molecule has 0 unspecified atom stereocenters. The number of likely N-dealkylation sites (tertiary alicyclic amines) is 1. The van der Waals surface area contributed by atoms with Crippen molar-refractivity contribution >= 4 is 34.0 Å². The van der Waals surface area contributed by atoms with Crippen LogP contribution in [0.5, 0.6) is 0 Å². The maximum Gasteiger partial charge on any atom is 0.407 e. The Kier molecular flexibility index (Phi) is 4.22. The van der Waals surface area contributed by atoms with Crippen LogP contribution in [0, 0.1) is 0 Å². The fourth-order valence-electron chi connectivity index (χ4n) is 2.96. The zero-order valence-corrected chi connectivity index (χ0v) is 12.9. The number of amides is 4. The normalized spacial score (nSPS) is 22.0. The van der Waals surface area contributed by atoms with Crippen LogP contribution in [-0.4, -0.2) is 75.4 Å². The topological polar surface area (TPSA) is 81.2 Å². The Morgan fingerprint density at radius 2 is 1.95 bits per heavy atom. The molecule has 7 nitrogen and oxygen atoms in total. The van der Waals surface area contributed by atoms with E-state index in [0.717, 1.165) is 16.7 Å². The molecule has 0 atom stereocenters. The Balaban J connectivity index is 2.20. The van der Waals surface area contributed by atoms with Gasteiger partial charge in [-0.15, -0.1) is 0 Å². The number of hydrogen-bond acceptors (Lipinski definition) is 3. The summed E-state index contributed by atoms with van der Waals surface area (Å²) in [7, 11) is 1.49. The van der Waals surface area contributed by atoms with Gasteiger partial charge in [-0.2, -0.15) is 0 Å². The van der Waals surface area contributed by atoms with Gasteiger partial charge in [0.05, 0.1) is 0 Å². The summed E-state index contributed by atoms with van der Waals surface area (Å²) >= 11 is 3.33. The zero-order valence-electron chi connectivity index (χ0n) is 11.3. The van der Waals surface area contributed by atoms with Crippen molar-refractivity contribution in [2.45, 2.75) is 24.8 Å². The van der Waals surface area contributed by atoms with E-state index in [2.05, 4.69) is 15.9 Å².